The van der Waals surface area contributed by atoms with Crippen LogP contribution in [0, 0.1) is 0 Å². The number of carbonyl (C=O) groups excluding carboxylic acids is 1. The van der Waals surface area contributed by atoms with Gasteiger partial charge in [-0.15, -0.1) is 0 Å². The number of rotatable bonds is 3. The zero-order valence-corrected chi connectivity index (χ0v) is 14.8. The van der Waals surface area contributed by atoms with E-state index >= 15 is 0 Å². The monoisotopic (exact) mass is 351 g/mol. The molecule has 2 aromatic rings. The summed E-state index contributed by atoms with van der Waals surface area (Å²) in [6.07, 6.45) is 4.30. The fourth-order valence-electron chi connectivity index (χ4n) is 3.95. The van der Waals surface area contributed by atoms with Gasteiger partial charge in [0.05, 0.1) is 12.1 Å². The summed E-state index contributed by atoms with van der Waals surface area (Å²) in [6.45, 7) is 0.978. The van der Waals surface area contributed by atoms with E-state index in [1.165, 1.54) is 11.3 Å². The van der Waals surface area contributed by atoms with Gasteiger partial charge in [-0.1, -0.05) is 31.0 Å². The molecule has 1 fully saturated rings. The van der Waals surface area contributed by atoms with Crippen molar-refractivity contribution in [3.8, 4) is 0 Å². The normalized spacial score (nSPS) is 22.0. The molecule has 2 unspecified atom stereocenters. The van der Waals surface area contributed by atoms with Crippen molar-refractivity contribution < 1.29 is 9.90 Å². The second-order valence-corrected chi connectivity index (χ2v) is 7.13. The Bertz CT molecular complexity index is 775. The average molecular weight is 351 g/mol. The lowest BCUT2D eigenvalue weighted by Crippen LogP contribution is -2.46. The number of anilines is 3. The summed E-state index contributed by atoms with van der Waals surface area (Å²) in [7, 11) is 0. The maximum absolute atomic E-state index is 12.2. The summed E-state index contributed by atoms with van der Waals surface area (Å²) in [6, 6.07) is 16.0. The molecule has 0 aromatic heterocycles. The van der Waals surface area contributed by atoms with Gasteiger partial charge >= 0.3 is 6.03 Å². The standard InChI is InChI=1S/C21H25N3O2/c25-20-8-4-2-6-18(20)23-21(26)22-16-9-11-17(12-10-16)24-14-13-15-5-1-3-7-19(15)24/h1,3,5,7,9-12,18,20,25H,2,4,6,8,13-14H2,(H2,22,23,26). The van der Waals surface area contributed by atoms with Gasteiger partial charge in [0.25, 0.3) is 0 Å². The van der Waals surface area contributed by atoms with Crippen molar-refractivity contribution >= 4 is 23.1 Å². The molecule has 2 atom stereocenters. The van der Waals surface area contributed by atoms with E-state index in [4.69, 9.17) is 0 Å². The number of nitrogens with zero attached hydrogens (tertiary/aromatic N) is 1. The number of amides is 2. The lowest BCUT2D eigenvalue weighted by molar-refractivity contribution is 0.0955. The molecule has 1 aliphatic carbocycles. The predicted molar refractivity (Wildman–Crippen MR) is 104 cm³/mol. The van der Waals surface area contributed by atoms with Crippen molar-refractivity contribution in [2.45, 2.75) is 44.2 Å². The van der Waals surface area contributed by atoms with Gasteiger partial charge in [-0.05, 0) is 55.2 Å². The average Bonchev–Trinajstić information content (AvgIpc) is 3.08. The van der Waals surface area contributed by atoms with Gasteiger partial charge in [-0.25, -0.2) is 4.79 Å². The summed E-state index contributed by atoms with van der Waals surface area (Å²) in [5.74, 6) is 0. The first-order valence-electron chi connectivity index (χ1n) is 9.42. The first kappa shape index (κ1) is 16.9. The van der Waals surface area contributed by atoms with Gasteiger partial charge in [-0.3, -0.25) is 0 Å². The number of hydrogen-bond donors (Lipinski definition) is 3. The Morgan fingerprint density at radius 2 is 1.81 bits per heavy atom. The third-order valence-corrected chi connectivity index (χ3v) is 5.37. The van der Waals surface area contributed by atoms with E-state index in [2.05, 4.69) is 39.8 Å². The van der Waals surface area contributed by atoms with Gasteiger partial charge in [0.15, 0.2) is 0 Å². The van der Waals surface area contributed by atoms with Gasteiger partial charge < -0.3 is 20.6 Å². The number of carbonyl (C=O) groups is 1. The van der Waals surface area contributed by atoms with Crippen LogP contribution in [-0.2, 0) is 6.42 Å². The molecule has 2 aliphatic rings. The molecule has 1 saturated carbocycles. The molecule has 5 heteroatoms. The van der Waals surface area contributed by atoms with Crippen molar-refractivity contribution in [2.75, 3.05) is 16.8 Å². The largest absolute Gasteiger partial charge is 0.391 e. The molecule has 4 rings (SSSR count). The third-order valence-electron chi connectivity index (χ3n) is 5.37. The summed E-state index contributed by atoms with van der Waals surface area (Å²) in [5.41, 5.74) is 4.52. The minimum Gasteiger partial charge on any atom is -0.391 e. The Labute approximate surface area is 154 Å². The molecule has 26 heavy (non-hydrogen) atoms. The number of para-hydroxylation sites is 1. The van der Waals surface area contributed by atoms with Crippen molar-refractivity contribution in [3.63, 3.8) is 0 Å². The second kappa shape index (κ2) is 7.38. The lowest BCUT2D eigenvalue weighted by atomic mass is 9.93. The van der Waals surface area contributed by atoms with Gasteiger partial charge in [0.2, 0.25) is 0 Å². The molecule has 0 radical (unpaired) electrons. The smallest absolute Gasteiger partial charge is 0.319 e. The Morgan fingerprint density at radius 1 is 1.04 bits per heavy atom. The molecule has 2 aromatic carbocycles. The van der Waals surface area contributed by atoms with Crippen LogP contribution in [0.15, 0.2) is 48.5 Å². The molecule has 2 amide bonds. The molecular formula is C21H25N3O2. The number of hydrogen-bond acceptors (Lipinski definition) is 3. The minimum absolute atomic E-state index is 0.149. The van der Waals surface area contributed by atoms with E-state index in [1.54, 1.807) is 0 Å². The number of urea groups is 1. The van der Waals surface area contributed by atoms with E-state index < -0.39 is 6.10 Å². The predicted octanol–water partition coefficient (Wildman–Crippen LogP) is 3.81. The molecule has 1 aliphatic heterocycles. The van der Waals surface area contributed by atoms with Gasteiger partial charge in [0, 0.05) is 23.6 Å². The topological polar surface area (TPSA) is 64.6 Å². The summed E-state index contributed by atoms with van der Waals surface area (Å²) < 4.78 is 0. The number of aliphatic hydroxyl groups excluding tert-OH is 1. The molecule has 5 nitrogen and oxygen atoms in total. The van der Waals surface area contributed by atoms with Crippen LogP contribution in [0.25, 0.3) is 0 Å². The number of aliphatic hydroxyl groups is 1. The molecule has 0 bridgehead atoms. The molecule has 0 spiro atoms. The number of benzene rings is 2. The fraction of sp³-hybridized carbons (Fsp3) is 0.381. The molecule has 0 saturated heterocycles. The summed E-state index contributed by atoms with van der Waals surface area (Å²) >= 11 is 0. The van der Waals surface area contributed by atoms with Crippen LogP contribution in [0.2, 0.25) is 0 Å². The van der Waals surface area contributed by atoms with Crippen LogP contribution in [0.5, 0.6) is 0 Å². The van der Waals surface area contributed by atoms with Crippen molar-refractivity contribution in [1.82, 2.24) is 5.32 Å². The van der Waals surface area contributed by atoms with E-state index in [1.807, 2.05) is 24.3 Å². The first-order valence-corrected chi connectivity index (χ1v) is 9.42. The quantitative estimate of drug-likeness (QED) is 0.788. The second-order valence-electron chi connectivity index (χ2n) is 7.13. The highest BCUT2D eigenvalue weighted by molar-refractivity contribution is 5.89. The highest BCUT2D eigenvalue weighted by atomic mass is 16.3. The maximum atomic E-state index is 12.2. The highest BCUT2D eigenvalue weighted by Gasteiger charge is 2.24. The van der Waals surface area contributed by atoms with E-state index in [-0.39, 0.29) is 12.1 Å². The Morgan fingerprint density at radius 3 is 2.62 bits per heavy atom. The molecule has 3 N–H and O–H groups in total. The van der Waals surface area contributed by atoms with E-state index in [0.29, 0.717) is 0 Å². The van der Waals surface area contributed by atoms with Gasteiger partial charge in [-0.2, -0.15) is 0 Å². The molecule has 1 heterocycles. The zero-order valence-electron chi connectivity index (χ0n) is 14.8. The summed E-state index contributed by atoms with van der Waals surface area (Å²) in [4.78, 5) is 14.5. The lowest BCUT2D eigenvalue weighted by Gasteiger charge is -2.28. The van der Waals surface area contributed by atoms with Crippen molar-refractivity contribution in [3.05, 3.63) is 54.1 Å². The van der Waals surface area contributed by atoms with Crippen LogP contribution in [0.4, 0.5) is 21.9 Å². The van der Waals surface area contributed by atoms with Crippen LogP contribution in [0.1, 0.15) is 31.2 Å². The van der Waals surface area contributed by atoms with Crippen LogP contribution < -0.4 is 15.5 Å². The van der Waals surface area contributed by atoms with Crippen LogP contribution >= 0.6 is 0 Å². The summed E-state index contributed by atoms with van der Waals surface area (Å²) in [5, 5.41) is 15.7. The number of nitrogens with one attached hydrogen (secondary N) is 2. The third kappa shape index (κ3) is 3.53. The van der Waals surface area contributed by atoms with E-state index in [9.17, 15) is 9.90 Å². The van der Waals surface area contributed by atoms with E-state index in [0.717, 1.165) is 50.0 Å². The fourth-order valence-corrected chi connectivity index (χ4v) is 3.95. The van der Waals surface area contributed by atoms with Crippen LogP contribution in [0.3, 0.4) is 0 Å². The first-order chi connectivity index (χ1) is 12.7. The SMILES string of the molecule is O=C(Nc1ccc(N2CCc3ccccc32)cc1)NC1CCCCC1O. The number of fused-ring (bicyclic) bond motifs is 1. The van der Waals surface area contributed by atoms with Crippen molar-refractivity contribution in [1.29, 1.82) is 0 Å². The maximum Gasteiger partial charge on any atom is 0.319 e. The minimum atomic E-state index is -0.438. The molecule has 136 valence electrons. The van der Waals surface area contributed by atoms with Gasteiger partial charge in [0.1, 0.15) is 0 Å². The van der Waals surface area contributed by atoms with Crippen molar-refractivity contribution in [2.24, 2.45) is 0 Å². The Kier molecular flexibility index (Phi) is 4.80. The molecular weight excluding hydrogens is 326 g/mol. The van der Waals surface area contributed by atoms with Crippen LogP contribution in [-0.4, -0.2) is 29.8 Å². The Hall–Kier alpha value is -2.53. The zero-order chi connectivity index (χ0) is 17.9. The Balaban J connectivity index is 1.38. The highest BCUT2D eigenvalue weighted by Crippen LogP contribution is 2.34.